The molecule has 1 aromatic heterocycles. The Morgan fingerprint density at radius 2 is 2.14 bits per heavy atom. The maximum absolute atomic E-state index is 12.3. The summed E-state index contributed by atoms with van der Waals surface area (Å²) in [4.78, 5) is 14.1. The highest BCUT2D eigenvalue weighted by Crippen LogP contribution is 2.23. The smallest absolute Gasteiger partial charge is 0.317 e. The van der Waals surface area contributed by atoms with Crippen LogP contribution in [0.25, 0.3) is 0 Å². The molecule has 1 aliphatic rings. The number of aryl methyl sites for hydroxylation is 1. The molecule has 0 saturated carbocycles. The Balaban J connectivity index is 2.11. The first-order valence-corrected chi connectivity index (χ1v) is 7.71. The quantitative estimate of drug-likeness (QED) is 0.884. The highest BCUT2D eigenvalue weighted by molar-refractivity contribution is 5.75. The lowest BCUT2D eigenvalue weighted by molar-refractivity contribution is 0.184. The van der Waals surface area contributed by atoms with E-state index in [2.05, 4.69) is 24.3 Å². The van der Waals surface area contributed by atoms with Crippen molar-refractivity contribution >= 4 is 6.03 Å². The summed E-state index contributed by atoms with van der Waals surface area (Å²) in [6, 6.07) is 0.115. The van der Waals surface area contributed by atoms with Crippen molar-refractivity contribution in [1.82, 2.24) is 20.0 Å². The van der Waals surface area contributed by atoms with Gasteiger partial charge in [0.05, 0.1) is 18.8 Å². The van der Waals surface area contributed by atoms with E-state index in [0.717, 1.165) is 24.2 Å². The van der Waals surface area contributed by atoms with Crippen LogP contribution in [-0.4, -0.2) is 38.4 Å². The fourth-order valence-electron chi connectivity index (χ4n) is 2.58. The third-order valence-corrected chi connectivity index (χ3v) is 4.30. The van der Waals surface area contributed by atoms with Crippen molar-refractivity contribution < 1.29 is 9.90 Å². The predicted octanol–water partition coefficient (Wildman–Crippen LogP) is 1.51. The zero-order valence-corrected chi connectivity index (χ0v) is 13.4. The van der Waals surface area contributed by atoms with Gasteiger partial charge in [0.2, 0.25) is 0 Å². The van der Waals surface area contributed by atoms with Crippen LogP contribution in [0.15, 0.2) is 0 Å². The van der Waals surface area contributed by atoms with Crippen molar-refractivity contribution in [3.63, 3.8) is 0 Å². The number of hydrogen-bond acceptors (Lipinski definition) is 3. The van der Waals surface area contributed by atoms with E-state index in [4.69, 9.17) is 0 Å². The van der Waals surface area contributed by atoms with Crippen molar-refractivity contribution in [2.45, 2.75) is 59.9 Å². The number of nitrogens with one attached hydrogen (secondary N) is 1. The van der Waals surface area contributed by atoms with E-state index in [1.807, 2.05) is 23.4 Å². The van der Waals surface area contributed by atoms with Gasteiger partial charge in [-0.05, 0) is 19.8 Å². The second-order valence-corrected chi connectivity index (χ2v) is 6.00. The predicted molar refractivity (Wildman–Crippen MR) is 80.8 cm³/mol. The monoisotopic (exact) mass is 294 g/mol. The molecule has 6 nitrogen and oxygen atoms in total. The molecule has 2 rings (SSSR count). The average molecular weight is 294 g/mol. The Bertz CT molecular complexity index is 510. The van der Waals surface area contributed by atoms with Crippen molar-refractivity contribution in [3.05, 3.63) is 17.0 Å². The molecule has 21 heavy (non-hydrogen) atoms. The minimum Gasteiger partial charge on any atom is -0.390 e. The molecule has 2 heterocycles. The molecule has 1 aromatic rings. The minimum atomic E-state index is -0.0762. The molecule has 0 spiro atoms. The number of carbonyl (C=O) groups excluding carboxylic acids is 1. The summed E-state index contributed by atoms with van der Waals surface area (Å²) in [7, 11) is 0. The number of amides is 2. The number of nitrogens with zero attached hydrogens (tertiary/aromatic N) is 3. The third-order valence-electron chi connectivity index (χ3n) is 4.30. The van der Waals surface area contributed by atoms with Gasteiger partial charge in [0.15, 0.2) is 0 Å². The molecule has 2 amide bonds. The van der Waals surface area contributed by atoms with Crippen LogP contribution in [0.2, 0.25) is 0 Å². The normalized spacial score (nSPS) is 16.0. The molecule has 0 aromatic carbocycles. The first-order chi connectivity index (χ1) is 9.97. The van der Waals surface area contributed by atoms with E-state index in [9.17, 15) is 9.90 Å². The average Bonchev–Trinajstić information content (AvgIpc) is 2.83. The van der Waals surface area contributed by atoms with Gasteiger partial charge in [0.25, 0.3) is 0 Å². The van der Waals surface area contributed by atoms with Gasteiger partial charge >= 0.3 is 6.03 Å². The molecule has 1 atom stereocenters. The minimum absolute atomic E-state index is 0.0324. The summed E-state index contributed by atoms with van der Waals surface area (Å²) in [6.07, 6.45) is 0.791. The van der Waals surface area contributed by atoms with Crippen LogP contribution in [0, 0.1) is 5.92 Å². The third kappa shape index (κ3) is 3.20. The van der Waals surface area contributed by atoms with Gasteiger partial charge in [-0.2, -0.15) is 5.10 Å². The maximum atomic E-state index is 12.3. The van der Waals surface area contributed by atoms with Crippen molar-refractivity contribution in [3.8, 4) is 0 Å². The SMILES string of the molecule is CCn1nc(CO)c2c1CCN(C(=O)N[C@H](C)C(C)C)C2. The fraction of sp³-hybridized carbons (Fsp3) is 0.733. The Kier molecular flexibility index (Phi) is 4.88. The van der Waals surface area contributed by atoms with E-state index in [1.165, 1.54) is 0 Å². The molecule has 0 fully saturated rings. The van der Waals surface area contributed by atoms with Gasteiger partial charge in [0.1, 0.15) is 0 Å². The van der Waals surface area contributed by atoms with Crippen LogP contribution >= 0.6 is 0 Å². The summed E-state index contributed by atoms with van der Waals surface area (Å²) in [6.45, 7) is 10.2. The van der Waals surface area contributed by atoms with Gasteiger partial charge in [-0.25, -0.2) is 4.79 Å². The Labute approximate surface area is 126 Å². The van der Waals surface area contributed by atoms with Gasteiger partial charge in [-0.3, -0.25) is 4.68 Å². The van der Waals surface area contributed by atoms with Crippen LogP contribution in [-0.2, 0) is 26.1 Å². The standard InChI is InChI=1S/C15H26N4O2/c1-5-19-14-6-7-18(8-12(14)13(9-20)17-19)15(21)16-11(4)10(2)3/h10-11,20H,5-9H2,1-4H3,(H,16,21)/t11-/m1/s1. The number of aliphatic hydroxyl groups excluding tert-OH is 1. The van der Waals surface area contributed by atoms with E-state index in [-0.39, 0.29) is 18.7 Å². The zero-order chi connectivity index (χ0) is 15.6. The number of carbonyl (C=O) groups is 1. The molecular formula is C15H26N4O2. The van der Waals surface area contributed by atoms with E-state index in [1.54, 1.807) is 0 Å². The Morgan fingerprint density at radius 1 is 1.43 bits per heavy atom. The lowest BCUT2D eigenvalue weighted by Gasteiger charge is -2.30. The van der Waals surface area contributed by atoms with Crippen LogP contribution in [0.4, 0.5) is 4.79 Å². The first kappa shape index (κ1) is 15.8. The zero-order valence-electron chi connectivity index (χ0n) is 13.4. The van der Waals surface area contributed by atoms with Crippen LogP contribution in [0.3, 0.4) is 0 Å². The number of urea groups is 1. The molecule has 0 unspecified atom stereocenters. The molecule has 0 aliphatic carbocycles. The number of hydrogen-bond donors (Lipinski definition) is 2. The second-order valence-electron chi connectivity index (χ2n) is 6.00. The maximum Gasteiger partial charge on any atom is 0.317 e. The van der Waals surface area contributed by atoms with Gasteiger partial charge in [0, 0.05) is 36.8 Å². The van der Waals surface area contributed by atoms with Crippen molar-refractivity contribution in [2.75, 3.05) is 6.54 Å². The number of rotatable bonds is 4. The number of aliphatic hydroxyl groups is 1. The van der Waals surface area contributed by atoms with Crippen LogP contribution in [0.1, 0.15) is 44.6 Å². The van der Waals surface area contributed by atoms with Gasteiger partial charge < -0.3 is 15.3 Å². The largest absolute Gasteiger partial charge is 0.390 e. The van der Waals surface area contributed by atoms with Gasteiger partial charge in [-0.1, -0.05) is 13.8 Å². The molecule has 1 aliphatic heterocycles. The lowest BCUT2D eigenvalue weighted by atomic mass is 10.0. The number of fused-ring (bicyclic) bond motifs is 1. The van der Waals surface area contributed by atoms with Crippen molar-refractivity contribution in [1.29, 1.82) is 0 Å². The summed E-state index contributed by atoms with van der Waals surface area (Å²) in [5.41, 5.74) is 2.86. The first-order valence-electron chi connectivity index (χ1n) is 7.71. The van der Waals surface area contributed by atoms with Crippen molar-refractivity contribution in [2.24, 2.45) is 5.92 Å². The molecular weight excluding hydrogens is 268 g/mol. The molecule has 0 radical (unpaired) electrons. The highest BCUT2D eigenvalue weighted by atomic mass is 16.3. The number of aromatic nitrogens is 2. The molecule has 0 bridgehead atoms. The summed E-state index contributed by atoms with van der Waals surface area (Å²) in [5.74, 6) is 0.408. The van der Waals surface area contributed by atoms with E-state index in [0.29, 0.717) is 24.7 Å². The van der Waals surface area contributed by atoms with Crippen LogP contribution in [0.5, 0.6) is 0 Å². The topological polar surface area (TPSA) is 70.4 Å². The second kappa shape index (κ2) is 6.47. The Morgan fingerprint density at radius 3 is 2.71 bits per heavy atom. The fourth-order valence-corrected chi connectivity index (χ4v) is 2.58. The molecule has 2 N–H and O–H groups in total. The summed E-state index contributed by atoms with van der Waals surface area (Å²) < 4.78 is 1.94. The molecule has 118 valence electrons. The van der Waals surface area contributed by atoms with Crippen LogP contribution < -0.4 is 5.32 Å². The highest BCUT2D eigenvalue weighted by Gasteiger charge is 2.27. The van der Waals surface area contributed by atoms with E-state index >= 15 is 0 Å². The van der Waals surface area contributed by atoms with E-state index < -0.39 is 0 Å². The summed E-state index contributed by atoms with van der Waals surface area (Å²) >= 11 is 0. The molecule has 0 saturated heterocycles. The van der Waals surface area contributed by atoms with Gasteiger partial charge in [-0.15, -0.1) is 0 Å². The molecule has 6 heteroatoms. The lowest BCUT2D eigenvalue weighted by Crippen LogP contribution is -2.47. The summed E-state index contributed by atoms with van der Waals surface area (Å²) in [5, 5.41) is 16.9. The Hall–Kier alpha value is -1.56.